The maximum atomic E-state index is 5.63. The van der Waals surface area contributed by atoms with E-state index in [0.29, 0.717) is 6.54 Å². The second-order valence-electron chi connectivity index (χ2n) is 4.69. The van der Waals surface area contributed by atoms with E-state index in [-0.39, 0.29) is 0 Å². The summed E-state index contributed by atoms with van der Waals surface area (Å²) in [6.07, 6.45) is 1.08. The van der Waals surface area contributed by atoms with E-state index in [0.717, 1.165) is 19.5 Å². The number of nitrogens with zero attached hydrogens (tertiary/aromatic N) is 1. The number of benzene rings is 2. The molecule has 2 rings (SSSR count). The van der Waals surface area contributed by atoms with Gasteiger partial charge in [-0.3, -0.25) is 0 Å². The molecular weight excluding hydrogens is 232 g/mol. The Morgan fingerprint density at radius 2 is 1.58 bits per heavy atom. The summed E-state index contributed by atoms with van der Waals surface area (Å²) in [5, 5.41) is 0. The predicted octanol–water partition coefficient (Wildman–Crippen LogP) is 3.21. The molecule has 0 heterocycles. The van der Waals surface area contributed by atoms with Crippen LogP contribution in [-0.4, -0.2) is 13.1 Å². The third-order valence-corrected chi connectivity index (χ3v) is 3.43. The van der Waals surface area contributed by atoms with Crippen molar-refractivity contribution in [1.82, 2.24) is 0 Å². The van der Waals surface area contributed by atoms with E-state index in [1.165, 1.54) is 16.8 Å². The molecule has 0 radical (unpaired) electrons. The molecule has 0 aliphatic carbocycles. The van der Waals surface area contributed by atoms with Crippen molar-refractivity contribution in [1.29, 1.82) is 0 Å². The highest BCUT2D eigenvalue weighted by Crippen LogP contribution is 2.15. The van der Waals surface area contributed by atoms with E-state index in [1.807, 2.05) is 0 Å². The largest absolute Gasteiger partial charge is 0.371 e. The average Bonchev–Trinajstić information content (AvgIpc) is 2.49. The average molecular weight is 254 g/mol. The smallest absolute Gasteiger partial charge is 0.0366 e. The summed E-state index contributed by atoms with van der Waals surface area (Å²) in [5.41, 5.74) is 9.47. The normalized spacial score (nSPS) is 10.4. The third kappa shape index (κ3) is 3.83. The van der Waals surface area contributed by atoms with E-state index < -0.39 is 0 Å². The highest BCUT2D eigenvalue weighted by atomic mass is 15.1. The van der Waals surface area contributed by atoms with Gasteiger partial charge >= 0.3 is 0 Å². The van der Waals surface area contributed by atoms with Crippen LogP contribution in [0.4, 0.5) is 5.69 Å². The monoisotopic (exact) mass is 254 g/mol. The highest BCUT2D eigenvalue weighted by molar-refractivity contribution is 5.47. The first-order chi connectivity index (χ1) is 9.33. The first-order valence-corrected chi connectivity index (χ1v) is 6.91. The molecular formula is C17H22N2. The molecule has 0 fully saturated rings. The van der Waals surface area contributed by atoms with E-state index in [9.17, 15) is 0 Å². The first-order valence-electron chi connectivity index (χ1n) is 6.91. The Hall–Kier alpha value is -1.80. The summed E-state index contributed by atoms with van der Waals surface area (Å²) in [5.74, 6) is 0. The second-order valence-corrected chi connectivity index (χ2v) is 4.69. The molecule has 2 aromatic rings. The van der Waals surface area contributed by atoms with Crippen molar-refractivity contribution in [3.63, 3.8) is 0 Å². The Balaban J connectivity index is 1.99. The molecule has 0 spiro atoms. The number of hydrogen-bond acceptors (Lipinski definition) is 2. The molecule has 2 N–H and O–H groups in total. The fraction of sp³-hybridized carbons (Fsp3) is 0.294. The van der Waals surface area contributed by atoms with Gasteiger partial charge in [-0.15, -0.1) is 0 Å². The summed E-state index contributed by atoms with van der Waals surface area (Å²) in [6.45, 7) is 4.87. The summed E-state index contributed by atoms with van der Waals surface area (Å²) in [4.78, 5) is 2.40. The number of rotatable bonds is 6. The van der Waals surface area contributed by atoms with Gasteiger partial charge in [0.1, 0.15) is 0 Å². The zero-order valence-corrected chi connectivity index (χ0v) is 11.5. The number of anilines is 1. The summed E-state index contributed by atoms with van der Waals surface area (Å²) >= 11 is 0. The fourth-order valence-electron chi connectivity index (χ4n) is 2.22. The van der Waals surface area contributed by atoms with Crippen LogP contribution in [0.3, 0.4) is 0 Å². The maximum Gasteiger partial charge on any atom is 0.0366 e. The van der Waals surface area contributed by atoms with Crippen LogP contribution < -0.4 is 10.6 Å². The molecule has 0 saturated heterocycles. The highest BCUT2D eigenvalue weighted by Gasteiger charge is 2.04. The quantitative estimate of drug-likeness (QED) is 0.857. The molecule has 0 aliphatic rings. The van der Waals surface area contributed by atoms with Crippen molar-refractivity contribution >= 4 is 5.69 Å². The van der Waals surface area contributed by atoms with Crippen molar-refractivity contribution in [2.75, 3.05) is 18.0 Å². The van der Waals surface area contributed by atoms with Gasteiger partial charge in [-0.2, -0.15) is 0 Å². The Morgan fingerprint density at radius 3 is 2.16 bits per heavy atom. The first kappa shape index (κ1) is 13.6. The van der Waals surface area contributed by atoms with Crippen molar-refractivity contribution < 1.29 is 0 Å². The number of nitrogens with two attached hydrogens (primary N) is 1. The molecule has 0 bridgehead atoms. The zero-order chi connectivity index (χ0) is 13.5. The minimum atomic E-state index is 0.608. The summed E-state index contributed by atoms with van der Waals surface area (Å²) in [7, 11) is 0. The lowest BCUT2D eigenvalue weighted by Gasteiger charge is -2.23. The standard InChI is InChI=1S/C17H22N2/c1-2-19(13-12-15-6-4-3-5-7-15)17-10-8-16(14-18)9-11-17/h3-11H,2,12-14,18H2,1H3. The number of hydrogen-bond donors (Lipinski definition) is 1. The number of likely N-dealkylation sites (N-methyl/N-ethyl adjacent to an activating group) is 1. The molecule has 2 heteroatoms. The van der Waals surface area contributed by atoms with Gasteiger partial charge in [0.05, 0.1) is 0 Å². The molecule has 19 heavy (non-hydrogen) atoms. The van der Waals surface area contributed by atoms with Crippen molar-refractivity contribution in [3.05, 3.63) is 65.7 Å². The second kappa shape index (κ2) is 6.95. The minimum Gasteiger partial charge on any atom is -0.371 e. The van der Waals surface area contributed by atoms with Gasteiger partial charge in [0.25, 0.3) is 0 Å². The SMILES string of the molecule is CCN(CCc1ccccc1)c1ccc(CN)cc1. The van der Waals surface area contributed by atoms with Gasteiger partial charge in [0.15, 0.2) is 0 Å². The predicted molar refractivity (Wildman–Crippen MR) is 82.4 cm³/mol. The van der Waals surface area contributed by atoms with E-state index in [4.69, 9.17) is 5.73 Å². The molecule has 0 aliphatic heterocycles. The minimum absolute atomic E-state index is 0.608. The van der Waals surface area contributed by atoms with Crippen LogP contribution in [0.25, 0.3) is 0 Å². The molecule has 0 aromatic heterocycles. The summed E-state index contributed by atoms with van der Waals surface area (Å²) in [6, 6.07) is 19.2. The third-order valence-electron chi connectivity index (χ3n) is 3.43. The van der Waals surface area contributed by atoms with Gasteiger partial charge in [-0.05, 0) is 36.6 Å². The molecule has 0 atom stereocenters. The van der Waals surface area contributed by atoms with Crippen LogP contribution in [0.5, 0.6) is 0 Å². The lowest BCUT2D eigenvalue weighted by atomic mass is 10.1. The van der Waals surface area contributed by atoms with Gasteiger partial charge in [0.2, 0.25) is 0 Å². The van der Waals surface area contributed by atoms with Crippen molar-refractivity contribution in [2.24, 2.45) is 5.73 Å². The van der Waals surface area contributed by atoms with E-state index in [1.54, 1.807) is 0 Å². The Labute approximate surface area is 115 Å². The van der Waals surface area contributed by atoms with Crippen molar-refractivity contribution in [3.8, 4) is 0 Å². The Bertz CT molecular complexity index is 476. The lowest BCUT2D eigenvalue weighted by Crippen LogP contribution is -2.25. The van der Waals surface area contributed by atoms with E-state index >= 15 is 0 Å². The molecule has 2 aromatic carbocycles. The molecule has 0 saturated carbocycles. The fourth-order valence-corrected chi connectivity index (χ4v) is 2.22. The Morgan fingerprint density at radius 1 is 0.895 bits per heavy atom. The molecule has 2 nitrogen and oxygen atoms in total. The van der Waals surface area contributed by atoms with E-state index in [2.05, 4.69) is 66.4 Å². The zero-order valence-electron chi connectivity index (χ0n) is 11.5. The summed E-state index contributed by atoms with van der Waals surface area (Å²) < 4.78 is 0. The van der Waals surface area contributed by atoms with Gasteiger partial charge in [-0.25, -0.2) is 0 Å². The van der Waals surface area contributed by atoms with Crippen LogP contribution >= 0.6 is 0 Å². The molecule has 100 valence electrons. The van der Waals surface area contributed by atoms with Gasteiger partial charge in [-0.1, -0.05) is 42.5 Å². The Kier molecular flexibility index (Phi) is 4.99. The van der Waals surface area contributed by atoms with Crippen LogP contribution in [0.1, 0.15) is 18.1 Å². The molecule has 0 unspecified atom stereocenters. The van der Waals surface area contributed by atoms with Crippen LogP contribution in [-0.2, 0) is 13.0 Å². The van der Waals surface area contributed by atoms with Crippen LogP contribution in [0.2, 0.25) is 0 Å². The van der Waals surface area contributed by atoms with Gasteiger partial charge in [0, 0.05) is 25.3 Å². The topological polar surface area (TPSA) is 29.3 Å². The van der Waals surface area contributed by atoms with Gasteiger partial charge < -0.3 is 10.6 Å². The lowest BCUT2D eigenvalue weighted by molar-refractivity contribution is 0.808. The van der Waals surface area contributed by atoms with Crippen LogP contribution in [0, 0.1) is 0 Å². The maximum absolute atomic E-state index is 5.63. The van der Waals surface area contributed by atoms with Crippen LogP contribution in [0.15, 0.2) is 54.6 Å². The molecule has 0 amide bonds. The van der Waals surface area contributed by atoms with Crippen molar-refractivity contribution in [2.45, 2.75) is 19.9 Å².